The molecular weight excluding hydrogens is 318 g/mol. The summed E-state index contributed by atoms with van der Waals surface area (Å²) in [4.78, 5) is 22.7. The number of carbonyl (C=O) groups excluding carboxylic acids is 1. The van der Waals surface area contributed by atoms with Crippen molar-refractivity contribution in [3.63, 3.8) is 0 Å². The normalized spacial score (nSPS) is 10.2. The van der Waals surface area contributed by atoms with E-state index >= 15 is 0 Å². The molecule has 23 heavy (non-hydrogen) atoms. The Labute approximate surface area is 137 Å². The third kappa shape index (κ3) is 4.23. The average molecular weight is 333 g/mol. The molecule has 0 fully saturated rings. The van der Waals surface area contributed by atoms with Crippen molar-refractivity contribution < 1.29 is 19.2 Å². The van der Waals surface area contributed by atoms with Crippen molar-refractivity contribution in [3.05, 3.63) is 63.7 Å². The molecule has 0 aliphatic rings. The Bertz CT molecular complexity index is 715. The Hall–Kier alpha value is -2.54. The average Bonchev–Trinajstić information content (AvgIpc) is 2.59. The fraction of sp³-hybridized carbons (Fsp3) is 0.188. The number of thioether (sulfide) groups is 1. The first-order valence-electron chi connectivity index (χ1n) is 6.67. The molecule has 0 unspecified atom stereocenters. The first-order valence-corrected chi connectivity index (χ1v) is 7.66. The van der Waals surface area contributed by atoms with Crippen LogP contribution in [0.15, 0.2) is 47.4 Å². The van der Waals surface area contributed by atoms with Gasteiger partial charge < -0.3 is 9.47 Å². The van der Waals surface area contributed by atoms with E-state index in [1.54, 1.807) is 13.2 Å². The van der Waals surface area contributed by atoms with Crippen molar-refractivity contribution in [2.45, 2.75) is 10.6 Å². The van der Waals surface area contributed by atoms with Crippen LogP contribution in [-0.4, -0.2) is 25.1 Å². The lowest BCUT2D eigenvalue weighted by atomic mass is 10.2. The smallest absolute Gasteiger partial charge is 0.338 e. The summed E-state index contributed by atoms with van der Waals surface area (Å²) in [5, 5.41) is 11.2. The van der Waals surface area contributed by atoms with Gasteiger partial charge in [-0.1, -0.05) is 12.1 Å². The molecule has 0 aliphatic heterocycles. The molecule has 120 valence electrons. The molecule has 0 bridgehead atoms. The lowest BCUT2D eigenvalue weighted by Crippen LogP contribution is -2.02. The Kier molecular flexibility index (Phi) is 5.59. The largest absolute Gasteiger partial charge is 0.497 e. The first kappa shape index (κ1) is 16.8. The van der Waals surface area contributed by atoms with Crippen LogP contribution in [0.25, 0.3) is 0 Å². The summed E-state index contributed by atoms with van der Waals surface area (Å²) in [7, 11) is 2.83. The fourth-order valence-electron chi connectivity index (χ4n) is 1.91. The lowest BCUT2D eigenvalue weighted by Gasteiger charge is -2.06. The van der Waals surface area contributed by atoms with Crippen LogP contribution in [0.2, 0.25) is 0 Å². The van der Waals surface area contributed by atoms with Gasteiger partial charge in [0.15, 0.2) is 0 Å². The van der Waals surface area contributed by atoms with Crippen molar-refractivity contribution in [1.29, 1.82) is 0 Å². The van der Waals surface area contributed by atoms with Gasteiger partial charge in [0.25, 0.3) is 5.69 Å². The first-order chi connectivity index (χ1) is 11.0. The van der Waals surface area contributed by atoms with Gasteiger partial charge in [0.05, 0.1) is 29.6 Å². The number of carbonyl (C=O) groups is 1. The highest BCUT2D eigenvalue weighted by atomic mass is 32.2. The molecule has 0 atom stereocenters. The summed E-state index contributed by atoms with van der Waals surface area (Å²) < 4.78 is 9.67. The van der Waals surface area contributed by atoms with Crippen LogP contribution in [0.4, 0.5) is 5.69 Å². The fourth-order valence-corrected chi connectivity index (χ4v) is 2.87. The number of hydrogen-bond acceptors (Lipinski definition) is 6. The molecule has 2 aromatic rings. The summed E-state index contributed by atoms with van der Waals surface area (Å²) in [5.41, 5.74) is 1.07. The van der Waals surface area contributed by atoms with Crippen LogP contribution in [0.5, 0.6) is 5.75 Å². The number of ether oxygens (including phenoxy) is 2. The van der Waals surface area contributed by atoms with Crippen LogP contribution >= 0.6 is 11.8 Å². The Morgan fingerprint density at radius 1 is 1.17 bits per heavy atom. The Morgan fingerprint density at radius 3 is 2.43 bits per heavy atom. The number of esters is 1. The lowest BCUT2D eigenvalue weighted by molar-refractivity contribution is -0.387. The van der Waals surface area contributed by atoms with Gasteiger partial charge in [0, 0.05) is 11.8 Å². The molecule has 0 aromatic heterocycles. The van der Waals surface area contributed by atoms with E-state index in [-0.39, 0.29) is 11.3 Å². The third-order valence-corrected chi connectivity index (χ3v) is 4.26. The maximum atomic E-state index is 11.5. The summed E-state index contributed by atoms with van der Waals surface area (Å²) in [5.74, 6) is 0.731. The van der Waals surface area contributed by atoms with E-state index in [9.17, 15) is 14.9 Å². The van der Waals surface area contributed by atoms with Gasteiger partial charge in [0.1, 0.15) is 5.75 Å². The SMILES string of the molecule is COC(=O)c1ccc(SCc2ccc(OC)cc2)c([N+](=O)[O-])c1. The number of methoxy groups -OCH3 is 2. The zero-order valence-corrected chi connectivity index (χ0v) is 13.5. The van der Waals surface area contributed by atoms with Crippen molar-refractivity contribution >= 4 is 23.4 Å². The van der Waals surface area contributed by atoms with Crippen LogP contribution < -0.4 is 4.74 Å². The number of hydrogen-bond donors (Lipinski definition) is 0. The third-order valence-electron chi connectivity index (χ3n) is 3.13. The zero-order valence-electron chi connectivity index (χ0n) is 12.6. The van der Waals surface area contributed by atoms with Crippen molar-refractivity contribution in [3.8, 4) is 5.75 Å². The van der Waals surface area contributed by atoms with Gasteiger partial charge in [0.2, 0.25) is 0 Å². The van der Waals surface area contributed by atoms with Crippen LogP contribution in [0.3, 0.4) is 0 Å². The molecule has 0 saturated carbocycles. The molecule has 2 rings (SSSR count). The van der Waals surface area contributed by atoms with Crippen LogP contribution in [-0.2, 0) is 10.5 Å². The number of benzene rings is 2. The van der Waals surface area contributed by atoms with E-state index < -0.39 is 10.9 Å². The van der Waals surface area contributed by atoms with Crippen molar-refractivity contribution in [2.24, 2.45) is 0 Å². The maximum absolute atomic E-state index is 11.5. The molecule has 0 amide bonds. The maximum Gasteiger partial charge on any atom is 0.338 e. The summed E-state index contributed by atoms with van der Waals surface area (Å²) in [6, 6.07) is 11.8. The van der Waals surface area contributed by atoms with E-state index in [1.165, 1.54) is 31.0 Å². The van der Waals surface area contributed by atoms with Crippen LogP contribution in [0.1, 0.15) is 15.9 Å². The number of nitro groups is 1. The molecule has 0 saturated heterocycles. The van der Waals surface area contributed by atoms with Gasteiger partial charge >= 0.3 is 5.97 Å². The monoisotopic (exact) mass is 333 g/mol. The minimum atomic E-state index is -0.597. The van der Waals surface area contributed by atoms with Gasteiger partial charge in [-0.15, -0.1) is 11.8 Å². The van der Waals surface area contributed by atoms with Gasteiger partial charge in [-0.05, 0) is 29.8 Å². The van der Waals surface area contributed by atoms with Gasteiger partial charge in [-0.3, -0.25) is 10.1 Å². The second kappa shape index (κ2) is 7.64. The van der Waals surface area contributed by atoms with E-state index in [0.717, 1.165) is 11.3 Å². The molecule has 0 radical (unpaired) electrons. The predicted octanol–water partition coefficient (Wildman–Crippen LogP) is 3.68. The summed E-state index contributed by atoms with van der Waals surface area (Å²) in [6.07, 6.45) is 0. The van der Waals surface area contributed by atoms with Crippen LogP contribution in [0, 0.1) is 10.1 Å². The second-order valence-corrected chi connectivity index (χ2v) is 5.59. The van der Waals surface area contributed by atoms with E-state index in [1.807, 2.05) is 24.3 Å². The van der Waals surface area contributed by atoms with Crippen molar-refractivity contribution in [2.75, 3.05) is 14.2 Å². The number of nitro benzene ring substituents is 1. The molecule has 7 heteroatoms. The van der Waals surface area contributed by atoms with Gasteiger partial charge in [-0.25, -0.2) is 4.79 Å². The van der Waals surface area contributed by atoms with E-state index in [2.05, 4.69) is 4.74 Å². The Balaban J connectivity index is 2.18. The van der Waals surface area contributed by atoms with Crippen molar-refractivity contribution in [1.82, 2.24) is 0 Å². The number of rotatable bonds is 6. The molecule has 0 spiro atoms. The molecular formula is C16H15NO5S. The molecule has 2 aromatic carbocycles. The van der Waals surface area contributed by atoms with E-state index in [0.29, 0.717) is 10.6 Å². The minimum absolute atomic E-state index is 0.105. The zero-order chi connectivity index (χ0) is 16.8. The molecule has 0 N–H and O–H groups in total. The summed E-state index contributed by atoms with van der Waals surface area (Å²) in [6.45, 7) is 0. The molecule has 6 nitrogen and oxygen atoms in total. The predicted molar refractivity (Wildman–Crippen MR) is 87.0 cm³/mol. The molecule has 0 heterocycles. The number of nitrogens with zero attached hydrogens (tertiary/aromatic N) is 1. The van der Waals surface area contributed by atoms with E-state index in [4.69, 9.17) is 4.74 Å². The highest BCUT2D eigenvalue weighted by molar-refractivity contribution is 7.98. The summed E-state index contributed by atoms with van der Waals surface area (Å²) >= 11 is 1.34. The Morgan fingerprint density at radius 2 is 1.87 bits per heavy atom. The highest BCUT2D eigenvalue weighted by Crippen LogP contribution is 2.32. The molecule has 0 aliphatic carbocycles. The quantitative estimate of drug-likeness (QED) is 0.347. The standard InChI is InChI=1S/C16H15NO5S/c1-21-13-6-3-11(4-7-13)10-23-15-8-5-12(16(18)22-2)9-14(15)17(19)20/h3-9H,10H2,1-2H3. The minimum Gasteiger partial charge on any atom is -0.497 e. The highest BCUT2D eigenvalue weighted by Gasteiger charge is 2.18. The van der Waals surface area contributed by atoms with Gasteiger partial charge in [-0.2, -0.15) is 0 Å². The second-order valence-electron chi connectivity index (χ2n) is 4.57. The topological polar surface area (TPSA) is 78.7 Å².